The molecule has 0 saturated heterocycles. The van der Waals surface area contributed by atoms with E-state index in [0.717, 1.165) is 30.8 Å². The van der Waals surface area contributed by atoms with Gasteiger partial charge in [-0.2, -0.15) is 4.98 Å². The summed E-state index contributed by atoms with van der Waals surface area (Å²) < 4.78 is 12.3. The highest BCUT2D eigenvalue weighted by molar-refractivity contribution is 5.76. The molecule has 0 radical (unpaired) electrons. The molecule has 0 N–H and O–H groups in total. The van der Waals surface area contributed by atoms with Crippen LogP contribution in [0, 0.1) is 13.8 Å². The Bertz CT molecular complexity index is 1360. The summed E-state index contributed by atoms with van der Waals surface area (Å²) >= 11 is 0. The maximum Gasteiger partial charge on any atom is 0.332 e. The Hall–Kier alpha value is -3.13. The van der Waals surface area contributed by atoms with Crippen molar-refractivity contribution in [3.05, 3.63) is 68.1 Å². The number of benzene rings is 1. The largest absolute Gasteiger partial charge is 0.382 e. The van der Waals surface area contributed by atoms with Gasteiger partial charge in [-0.15, -0.1) is 0 Å². The van der Waals surface area contributed by atoms with E-state index in [1.54, 1.807) is 7.05 Å². The SMILES string of the molecule is CCOCCCn1c(C)c(C)n2c3c(=O)n(CCCc4ccccc4)c(=O)n(C)c3nc12. The lowest BCUT2D eigenvalue weighted by atomic mass is 10.1. The zero-order valence-electron chi connectivity index (χ0n) is 19.3. The van der Waals surface area contributed by atoms with E-state index in [2.05, 4.69) is 16.7 Å². The van der Waals surface area contributed by atoms with Crippen LogP contribution in [-0.2, 0) is 31.3 Å². The molecule has 0 aliphatic rings. The normalized spacial score (nSPS) is 11.8. The van der Waals surface area contributed by atoms with E-state index in [-0.39, 0.29) is 11.2 Å². The molecule has 0 amide bonds. The molecule has 32 heavy (non-hydrogen) atoms. The lowest BCUT2D eigenvalue weighted by Gasteiger charge is -2.09. The zero-order chi connectivity index (χ0) is 22.8. The molecule has 170 valence electrons. The molecular weight excluding hydrogens is 406 g/mol. The highest BCUT2D eigenvalue weighted by Crippen LogP contribution is 2.21. The first kappa shape index (κ1) is 22.1. The third-order valence-electron chi connectivity index (χ3n) is 6.19. The Morgan fingerprint density at radius 3 is 2.41 bits per heavy atom. The quantitative estimate of drug-likeness (QED) is 0.378. The number of hydrogen-bond acceptors (Lipinski definition) is 4. The van der Waals surface area contributed by atoms with Gasteiger partial charge < -0.3 is 9.30 Å². The average molecular weight is 438 g/mol. The smallest absolute Gasteiger partial charge is 0.332 e. The average Bonchev–Trinajstić information content (AvgIpc) is 3.29. The van der Waals surface area contributed by atoms with Gasteiger partial charge in [0.25, 0.3) is 5.56 Å². The molecule has 0 saturated carbocycles. The Kier molecular flexibility index (Phi) is 6.32. The fourth-order valence-electron chi connectivity index (χ4n) is 4.33. The van der Waals surface area contributed by atoms with Crippen LogP contribution in [0.25, 0.3) is 16.9 Å². The highest BCUT2D eigenvalue weighted by atomic mass is 16.5. The van der Waals surface area contributed by atoms with Crippen molar-refractivity contribution < 1.29 is 4.74 Å². The third kappa shape index (κ3) is 3.79. The molecule has 0 fully saturated rings. The van der Waals surface area contributed by atoms with E-state index >= 15 is 0 Å². The maximum absolute atomic E-state index is 13.5. The molecule has 3 aromatic heterocycles. The number of aromatic nitrogens is 5. The molecular formula is C24H31N5O3. The molecule has 0 bridgehead atoms. The summed E-state index contributed by atoms with van der Waals surface area (Å²) in [6.45, 7) is 8.49. The van der Waals surface area contributed by atoms with Crippen LogP contribution in [0.3, 0.4) is 0 Å². The Labute approximate surface area is 186 Å². The van der Waals surface area contributed by atoms with E-state index < -0.39 is 0 Å². The Balaban J connectivity index is 1.75. The van der Waals surface area contributed by atoms with E-state index in [4.69, 9.17) is 9.72 Å². The van der Waals surface area contributed by atoms with Crippen molar-refractivity contribution in [1.82, 2.24) is 23.1 Å². The molecule has 8 heteroatoms. The van der Waals surface area contributed by atoms with E-state index in [1.807, 2.05) is 43.4 Å². The van der Waals surface area contributed by atoms with Crippen LogP contribution in [0.4, 0.5) is 0 Å². The lowest BCUT2D eigenvalue weighted by Crippen LogP contribution is -2.39. The summed E-state index contributed by atoms with van der Waals surface area (Å²) in [6.07, 6.45) is 2.37. The van der Waals surface area contributed by atoms with Crippen LogP contribution < -0.4 is 11.2 Å². The molecule has 0 unspecified atom stereocenters. The van der Waals surface area contributed by atoms with Gasteiger partial charge in [0.05, 0.1) is 0 Å². The van der Waals surface area contributed by atoms with Crippen LogP contribution in [0.5, 0.6) is 0 Å². The standard InChI is InChI=1S/C24H31N5O3/c1-5-32-16-10-15-27-17(2)18(3)29-20-21(25-23(27)29)26(4)24(31)28(22(20)30)14-9-13-19-11-7-6-8-12-19/h6-8,11-12H,5,9-10,13-16H2,1-4H3. The van der Waals surface area contributed by atoms with Crippen molar-refractivity contribution in [3.63, 3.8) is 0 Å². The first-order valence-electron chi connectivity index (χ1n) is 11.2. The van der Waals surface area contributed by atoms with E-state index in [9.17, 15) is 9.59 Å². The maximum atomic E-state index is 13.5. The van der Waals surface area contributed by atoms with Gasteiger partial charge in [0, 0.05) is 44.7 Å². The second-order valence-electron chi connectivity index (χ2n) is 8.18. The first-order valence-corrected chi connectivity index (χ1v) is 11.2. The molecule has 0 aliphatic carbocycles. The van der Waals surface area contributed by atoms with Gasteiger partial charge >= 0.3 is 5.69 Å². The monoisotopic (exact) mass is 437 g/mol. The molecule has 0 aliphatic heterocycles. The second-order valence-corrected chi connectivity index (χ2v) is 8.18. The second kappa shape index (κ2) is 9.16. The lowest BCUT2D eigenvalue weighted by molar-refractivity contribution is 0.142. The van der Waals surface area contributed by atoms with Crippen LogP contribution in [0.1, 0.15) is 36.7 Å². The fraction of sp³-hybridized carbons (Fsp3) is 0.458. The van der Waals surface area contributed by atoms with Crippen molar-refractivity contribution in [2.24, 2.45) is 7.05 Å². The van der Waals surface area contributed by atoms with Crippen molar-refractivity contribution in [3.8, 4) is 0 Å². The zero-order valence-corrected chi connectivity index (χ0v) is 19.3. The number of rotatable bonds is 9. The summed E-state index contributed by atoms with van der Waals surface area (Å²) in [5.41, 5.74) is 3.51. The van der Waals surface area contributed by atoms with Crippen LogP contribution >= 0.6 is 0 Å². The minimum atomic E-state index is -0.325. The van der Waals surface area contributed by atoms with E-state index in [0.29, 0.717) is 43.1 Å². The number of nitrogens with zero attached hydrogens (tertiary/aromatic N) is 5. The number of hydrogen-bond donors (Lipinski definition) is 0. The summed E-state index contributed by atoms with van der Waals surface area (Å²) in [4.78, 5) is 31.1. The molecule has 4 rings (SSSR count). The minimum absolute atomic E-state index is 0.279. The van der Waals surface area contributed by atoms with Crippen LogP contribution in [-0.4, -0.2) is 36.3 Å². The van der Waals surface area contributed by atoms with Crippen LogP contribution in [0.2, 0.25) is 0 Å². The van der Waals surface area contributed by atoms with Crippen molar-refractivity contribution >= 4 is 16.9 Å². The van der Waals surface area contributed by atoms with Gasteiger partial charge in [-0.1, -0.05) is 30.3 Å². The molecule has 0 atom stereocenters. The molecule has 4 aromatic rings. The Morgan fingerprint density at radius 1 is 0.969 bits per heavy atom. The molecule has 8 nitrogen and oxygen atoms in total. The molecule has 3 heterocycles. The number of aryl methyl sites for hydroxylation is 4. The summed E-state index contributed by atoms with van der Waals surface area (Å²) in [5, 5.41) is 0. The topological polar surface area (TPSA) is 75.5 Å². The Morgan fingerprint density at radius 2 is 1.69 bits per heavy atom. The third-order valence-corrected chi connectivity index (χ3v) is 6.19. The van der Waals surface area contributed by atoms with Gasteiger partial charge in [0.1, 0.15) is 0 Å². The van der Waals surface area contributed by atoms with Crippen molar-refractivity contribution in [2.45, 2.75) is 53.1 Å². The molecule has 0 spiro atoms. The summed E-state index contributed by atoms with van der Waals surface area (Å²) in [5.74, 6) is 0.695. The van der Waals surface area contributed by atoms with Gasteiger partial charge in [-0.05, 0) is 45.6 Å². The van der Waals surface area contributed by atoms with Gasteiger partial charge in [-0.3, -0.25) is 18.3 Å². The van der Waals surface area contributed by atoms with Crippen molar-refractivity contribution in [1.29, 1.82) is 0 Å². The van der Waals surface area contributed by atoms with Gasteiger partial charge in [-0.25, -0.2) is 4.79 Å². The molecule has 1 aromatic carbocycles. The van der Waals surface area contributed by atoms with Gasteiger partial charge in [0.15, 0.2) is 11.2 Å². The highest BCUT2D eigenvalue weighted by Gasteiger charge is 2.22. The fourth-order valence-corrected chi connectivity index (χ4v) is 4.33. The summed E-state index contributed by atoms with van der Waals surface area (Å²) in [7, 11) is 1.69. The predicted molar refractivity (Wildman–Crippen MR) is 126 cm³/mol. The van der Waals surface area contributed by atoms with E-state index in [1.165, 1.54) is 14.7 Å². The number of fused-ring (bicyclic) bond motifs is 3. The van der Waals surface area contributed by atoms with Gasteiger partial charge in [0.2, 0.25) is 5.78 Å². The minimum Gasteiger partial charge on any atom is -0.382 e. The first-order chi connectivity index (χ1) is 15.5. The van der Waals surface area contributed by atoms with Crippen LogP contribution in [0.15, 0.2) is 39.9 Å². The number of imidazole rings is 2. The predicted octanol–water partition coefficient (Wildman–Crippen LogP) is 2.83. The number of ether oxygens (including phenoxy) is 1. The summed E-state index contributed by atoms with van der Waals surface area (Å²) in [6, 6.07) is 10.1. The van der Waals surface area contributed by atoms with Crippen molar-refractivity contribution in [2.75, 3.05) is 13.2 Å².